The zero-order valence-electron chi connectivity index (χ0n) is 8.53. The first kappa shape index (κ1) is 10.6. The van der Waals surface area contributed by atoms with Crippen LogP contribution in [0.25, 0.3) is 0 Å². The molecular formula is C10H15N3OS. The van der Waals surface area contributed by atoms with Crippen molar-refractivity contribution < 1.29 is 4.79 Å². The Hall–Kier alpha value is -0.940. The zero-order chi connectivity index (χ0) is 10.5. The molecule has 82 valence electrons. The number of rotatable bonds is 4. The molecule has 2 N–H and O–H groups in total. The van der Waals surface area contributed by atoms with Crippen LogP contribution < -0.4 is 10.6 Å². The monoisotopic (exact) mass is 225 g/mol. The molecule has 2 heterocycles. The summed E-state index contributed by atoms with van der Waals surface area (Å²) in [5.74, 6) is -0.0609. The normalized spacial score (nSPS) is 20.4. The van der Waals surface area contributed by atoms with E-state index in [-0.39, 0.29) is 5.91 Å². The van der Waals surface area contributed by atoms with Crippen LogP contribution in [0.4, 0.5) is 0 Å². The van der Waals surface area contributed by atoms with Gasteiger partial charge in [0.1, 0.15) is 5.69 Å². The Balaban J connectivity index is 1.67. The lowest BCUT2D eigenvalue weighted by Crippen LogP contribution is -2.30. The van der Waals surface area contributed by atoms with Crippen LogP contribution in [-0.4, -0.2) is 30.0 Å². The summed E-state index contributed by atoms with van der Waals surface area (Å²) in [5, 5.41) is 8.04. The molecule has 1 amide bonds. The molecule has 1 aliphatic heterocycles. The number of thiazole rings is 1. The second-order valence-corrected chi connectivity index (χ2v) is 4.43. The van der Waals surface area contributed by atoms with Gasteiger partial charge in [-0.3, -0.25) is 4.79 Å². The first-order valence-electron chi connectivity index (χ1n) is 5.26. The summed E-state index contributed by atoms with van der Waals surface area (Å²) in [7, 11) is 0. The van der Waals surface area contributed by atoms with Gasteiger partial charge in [0.05, 0.1) is 5.51 Å². The van der Waals surface area contributed by atoms with Crippen molar-refractivity contribution in [3.05, 3.63) is 16.6 Å². The molecule has 1 aliphatic rings. The smallest absolute Gasteiger partial charge is 0.270 e. The van der Waals surface area contributed by atoms with Crippen LogP contribution in [-0.2, 0) is 0 Å². The average Bonchev–Trinajstić information content (AvgIpc) is 2.90. The Morgan fingerprint density at radius 1 is 1.73 bits per heavy atom. The predicted octanol–water partition coefficient (Wildman–Crippen LogP) is 1.01. The molecule has 0 saturated carbocycles. The van der Waals surface area contributed by atoms with Gasteiger partial charge in [-0.25, -0.2) is 4.98 Å². The van der Waals surface area contributed by atoms with E-state index in [1.165, 1.54) is 24.2 Å². The summed E-state index contributed by atoms with van der Waals surface area (Å²) in [6.07, 6.45) is 3.49. The number of carbonyl (C=O) groups is 1. The Labute approximate surface area is 93.1 Å². The lowest BCUT2D eigenvalue weighted by Gasteiger charge is -2.09. The molecule has 4 nitrogen and oxygen atoms in total. The first-order chi connectivity index (χ1) is 7.36. The van der Waals surface area contributed by atoms with E-state index in [0.29, 0.717) is 11.7 Å². The summed E-state index contributed by atoms with van der Waals surface area (Å²) in [4.78, 5) is 15.4. The maximum atomic E-state index is 11.5. The number of nitrogens with one attached hydrogen (secondary N) is 2. The zero-order valence-corrected chi connectivity index (χ0v) is 9.35. The van der Waals surface area contributed by atoms with E-state index in [9.17, 15) is 4.79 Å². The molecular weight excluding hydrogens is 210 g/mol. The summed E-state index contributed by atoms with van der Waals surface area (Å²) in [5.41, 5.74) is 2.20. The Morgan fingerprint density at radius 2 is 2.67 bits per heavy atom. The topological polar surface area (TPSA) is 54.0 Å². The van der Waals surface area contributed by atoms with Crippen LogP contribution in [0.2, 0.25) is 0 Å². The van der Waals surface area contributed by atoms with E-state index in [1.807, 2.05) is 0 Å². The van der Waals surface area contributed by atoms with Gasteiger partial charge >= 0.3 is 0 Å². The van der Waals surface area contributed by atoms with Gasteiger partial charge in [0.15, 0.2) is 0 Å². The molecule has 0 spiro atoms. The van der Waals surface area contributed by atoms with Gasteiger partial charge in [-0.05, 0) is 25.8 Å². The van der Waals surface area contributed by atoms with Crippen LogP contribution in [0.3, 0.4) is 0 Å². The van der Waals surface area contributed by atoms with Gasteiger partial charge in [0.25, 0.3) is 5.91 Å². The fourth-order valence-electron chi connectivity index (χ4n) is 1.78. The molecule has 1 aromatic heterocycles. The van der Waals surface area contributed by atoms with E-state index < -0.39 is 0 Å². The molecule has 1 aromatic rings. The van der Waals surface area contributed by atoms with Gasteiger partial charge in [-0.2, -0.15) is 0 Å². The van der Waals surface area contributed by atoms with Crippen molar-refractivity contribution in [1.29, 1.82) is 0 Å². The summed E-state index contributed by atoms with van der Waals surface area (Å²) >= 11 is 1.44. The molecule has 1 fully saturated rings. The molecule has 5 heteroatoms. The third-order valence-corrected chi connectivity index (χ3v) is 3.19. The molecule has 1 saturated heterocycles. The van der Waals surface area contributed by atoms with E-state index in [1.54, 1.807) is 10.9 Å². The molecule has 0 bridgehead atoms. The highest BCUT2D eigenvalue weighted by atomic mass is 32.1. The Kier molecular flexibility index (Phi) is 3.69. The summed E-state index contributed by atoms with van der Waals surface area (Å²) < 4.78 is 0. The fourth-order valence-corrected chi connectivity index (χ4v) is 2.31. The maximum Gasteiger partial charge on any atom is 0.270 e. The van der Waals surface area contributed by atoms with Crippen LogP contribution >= 0.6 is 11.3 Å². The Morgan fingerprint density at radius 3 is 3.33 bits per heavy atom. The van der Waals surface area contributed by atoms with Gasteiger partial charge in [-0.15, -0.1) is 11.3 Å². The van der Waals surface area contributed by atoms with E-state index in [4.69, 9.17) is 0 Å². The highest BCUT2D eigenvalue weighted by molar-refractivity contribution is 7.07. The number of hydrogen-bond donors (Lipinski definition) is 2. The largest absolute Gasteiger partial charge is 0.351 e. The van der Waals surface area contributed by atoms with Crippen molar-refractivity contribution in [1.82, 2.24) is 15.6 Å². The van der Waals surface area contributed by atoms with E-state index >= 15 is 0 Å². The minimum absolute atomic E-state index is 0.0609. The number of carbonyl (C=O) groups excluding carboxylic acids is 1. The SMILES string of the molecule is O=C(NCC[C@H]1CCCN1)c1cscn1. The lowest BCUT2D eigenvalue weighted by atomic mass is 10.1. The van der Waals surface area contributed by atoms with Crippen molar-refractivity contribution in [3.63, 3.8) is 0 Å². The van der Waals surface area contributed by atoms with Crippen LogP contribution in [0.15, 0.2) is 10.9 Å². The molecule has 1 atom stereocenters. The van der Waals surface area contributed by atoms with Gasteiger partial charge in [0, 0.05) is 18.0 Å². The fraction of sp³-hybridized carbons (Fsp3) is 0.600. The van der Waals surface area contributed by atoms with Crippen molar-refractivity contribution in [2.75, 3.05) is 13.1 Å². The molecule has 0 aromatic carbocycles. The summed E-state index contributed by atoms with van der Waals surface area (Å²) in [6.45, 7) is 1.85. The van der Waals surface area contributed by atoms with Crippen LogP contribution in [0, 0.1) is 0 Å². The summed E-state index contributed by atoms with van der Waals surface area (Å²) in [6, 6.07) is 0.584. The number of nitrogens with zero attached hydrogens (tertiary/aromatic N) is 1. The lowest BCUT2D eigenvalue weighted by molar-refractivity contribution is 0.0948. The molecule has 2 rings (SSSR count). The van der Waals surface area contributed by atoms with Crippen LogP contribution in [0.5, 0.6) is 0 Å². The highest BCUT2D eigenvalue weighted by Crippen LogP contribution is 2.07. The number of hydrogen-bond acceptors (Lipinski definition) is 4. The second kappa shape index (κ2) is 5.23. The quantitative estimate of drug-likeness (QED) is 0.804. The van der Waals surface area contributed by atoms with Crippen molar-refractivity contribution in [3.8, 4) is 0 Å². The minimum Gasteiger partial charge on any atom is -0.351 e. The Bertz CT molecular complexity index is 306. The van der Waals surface area contributed by atoms with Crippen molar-refractivity contribution in [2.45, 2.75) is 25.3 Å². The third kappa shape index (κ3) is 3.00. The molecule has 0 radical (unpaired) electrons. The number of aromatic nitrogens is 1. The van der Waals surface area contributed by atoms with Crippen molar-refractivity contribution >= 4 is 17.2 Å². The third-order valence-electron chi connectivity index (χ3n) is 2.61. The minimum atomic E-state index is -0.0609. The highest BCUT2D eigenvalue weighted by Gasteiger charge is 2.14. The predicted molar refractivity (Wildman–Crippen MR) is 60.1 cm³/mol. The molecule has 0 aliphatic carbocycles. The van der Waals surface area contributed by atoms with Gasteiger partial charge in [0.2, 0.25) is 0 Å². The van der Waals surface area contributed by atoms with E-state index in [2.05, 4.69) is 15.6 Å². The second-order valence-electron chi connectivity index (χ2n) is 3.71. The van der Waals surface area contributed by atoms with Gasteiger partial charge < -0.3 is 10.6 Å². The first-order valence-corrected chi connectivity index (χ1v) is 6.20. The molecule has 0 unspecified atom stereocenters. The molecule has 15 heavy (non-hydrogen) atoms. The maximum absolute atomic E-state index is 11.5. The van der Waals surface area contributed by atoms with Crippen molar-refractivity contribution in [2.24, 2.45) is 0 Å². The van der Waals surface area contributed by atoms with Gasteiger partial charge in [-0.1, -0.05) is 0 Å². The average molecular weight is 225 g/mol. The standard InChI is InChI=1S/C10H15N3OS/c14-10(9-6-15-7-13-9)12-5-3-8-2-1-4-11-8/h6-8,11H,1-5H2,(H,12,14)/t8-/m1/s1. The van der Waals surface area contributed by atoms with Crippen LogP contribution in [0.1, 0.15) is 29.8 Å². The van der Waals surface area contributed by atoms with E-state index in [0.717, 1.165) is 19.5 Å². The number of amides is 1.